The van der Waals surface area contributed by atoms with Gasteiger partial charge in [0, 0.05) is 53.2 Å². The van der Waals surface area contributed by atoms with Crippen LogP contribution in [0.15, 0.2) is 85.2 Å². The van der Waals surface area contributed by atoms with Gasteiger partial charge in [0.25, 0.3) is 0 Å². The number of aromatic nitrogens is 3. The van der Waals surface area contributed by atoms with Gasteiger partial charge in [0.15, 0.2) is 5.82 Å². The van der Waals surface area contributed by atoms with Crippen molar-refractivity contribution in [2.75, 3.05) is 16.8 Å². The summed E-state index contributed by atoms with van der Waals surface area (Å²) in [6.45, 7) is 2.32. The lowest BCUT2D eigenvalue weighted by Crippen LogP contribution is -2.16. The molecule has 6 rings (SSSR count). The predicted molar refractivity (Wildman–Crippen MR) is 145 cm³/mol. The molecule has 3 aromatic carbocycles. The van der Waals surface area contributed by atoms with Crippen molar-refractivity contribution in [1.29, 1.82) is 0 Å². The molecule has 1 N–H and O–H groups in total. The maximum absolute atomic E-state index is 11.5. The quantitative estimate of drug-likeness (QED) is 0.304. The summed E-state index contributed by atoms with van der Waals surface area (Å²) in [7, 11) is 0. The molecule has 1 aliphatic rings. The van der Waals surface area contributed by atoms with Gasteiger partial charge in [-0.3, -0.25) is 9.78 Å². The maximum atomic E-state index is 11.5. The van der Waals surface area contributed by atoms with E-state index in [1.54, 1.807) is 12.4 Å². The van der Waals surface area contributed by atoms with E-state index in [2.05, 4.69) is 39.5 Å². The van der Waals surface area contributed by atoms with Crippen LogP contribution >= 0.6 is 11.6 Å². The third-order valence-electron chi connectivity index (χ3n) is 6.31. The lowest BCUT2D eigenvalue weighted by Gasteiger charge is -2.21. The van der Waals surface area contributed by atoms with Crippen LogP contribution in [-0.2, 0) is 11.2 Å². The molecule has 0 radical (unpaired) electrons. The monoisotopic (exact) mass is 491 g/mol. The number of hydrogen-bond acceptors (Lipinski definition) is 5. The van der Waals surface area contributed by atoms with Gasteiger partial charge in [-0.15, -0.1) is 0 Å². The number of anilines is 3. The van der Waals surface area contributed by atoms with Crippen molar-refractivity contribution in [3.63, 3.8) is 0 Å². The van der Waals surface area contributed by atoms with Crippen LogP contribution in [0.25, 0.3) is 33.4 Å². The smallest absolute Gasteiger partial charge is 0.221 e. The molecule has 36 heavy (non-hydrogen) atoms. The third-order valence-corrected chi connectivity index (χ3v) is 6.54. The average molecular weight is 492 g/mol. The molecule has 0 aliphatic carbocycles. The molecule has 2 aromatic heterocycles. The van der Waals surface area contributed by atoms with Gasteiger partial charge in [-0.2, -0.15) is 0 Å². The Morgan fingerprint density at radius 3 is 2.64 bits per heavy atom. The van der Waals surface area contributed by atoms with Gasteiger partial charge in [-0.25, -0.2) is 9.97 Å². The van der Waals surface area contributed by atoms with Gasteiger partial charge in [0.05, 0.1) is 5.52 Å². The van der Waals surface area contributed by atoms with Crippen molar-refractivity contribution in [2.45, 2.75) is 13.3 Å². The predicted octanol–water partition coefficient (Wildman–Crippen LogP) is 6.66. The highest BCUT2D eigenvalue weighted by molar-refractivity contribution is 6.30. The van der Waals surface area contributed by atoms with Crippen LogP contribution in [-0.4, -0.2) is 27.4 Å². The van der Waals surface area contributed by atoms with E-state index < -0.39 is 0 Å². The van der Waals surface area contributed by atoms with Gasteiger partial charge in [0.2, 0.25) is 5.91 Å². The highest BCUT2D eigenvalue weighted by Gasteiger charge is 2.24. The van der Waals surface area contributed by atoms with Gasteiger partial charge < -0.3 is 10.2 Å². The molecule has 5 aromatic rings. The van der Waals surface area contributed by atoms with Crippen molar-refractivity contribution in [3.05, 3.63) is 95.8 Å². The topological polar surface area (TPSA) is 71.0 Å². The first-order valence-electron chi connectivity index (χ1n) is 11.7. The number of pyridine rings is 1. The molecule has 0 fully saturated rings. The third kappa shape index (κ3) is 4.16. The first kappa shape index (κ1) is 22.2. The van der Waals surface area contributed by atoms with E-state index in [9.17, 15) is 4.79 Å². The zero-order valence-electron chi connectivity index (χ0n) is 19.6. The highest BCUT2D eigenvalue weighted by Crippen LogP contribution is 2.39. The Balaban J connectivity index is 1.52. The van der Waals surface area contributed by atoms with Gasteiger partial charge in [-0.05, 0) is 77.7 Å². The number of rotatable bonds is 4. The number of fused-ring (bicyclic) bond motifs is 2. The number of amides is 1. The van der Waals surface area contributed by atoms with Crippen LogP contribution in [0.1, 0.15) is 12.5 Å². The largest absolute Gasteiger partial charge is 0.326 e. The summed E-state index contributed by atoms with van der Waals surface area (Å²) in [6, 6.07) is 23.9. The zero-order valence-corrected chi connectivity index (χ0v) is 20.3. The molecule has 0 saturated carbocycles. The van der Waals surface area contributed by atoms with E-state index in [1.165, 1.54) is 12.5 Å². The highest BCUT2D eigenvalue weighted by atomic mass is 35.5. The Morgan fingerprint density at radius 1 is 0.944 bits per heavy atom. The van der Waals surface area contributed by atoms with E-state index >= 15 is 0 Å². The van der Waals surface area contributed by atoms with E-state index in [-0.39, 0.29) is 5.91 Å². The lowest BCUT2D eigenvalue weighted by molar-refractivity contribution is -0.114. The molecule has 3 heterocycles. The molecule has 0 atom stereocenters. The molecule has 0 bridgehead atoms. The Bertz CT molecular complexity index is 1620. The molecule has 7 heteroatoms. The summed E-state index contributed by atoms with van der Waals surface area (Å²) >= 11 is 6.26. The lowest BCUT2D eigenvalue weighted by atomic mass is 10.0. The minimum Gasteiger partial charge on any atom is -0.326 e. The van der Waals surface area contributed by atoms with Crippen LogP contribution in [0.3, 0.4) is 0 Å². The summed E-state index contributed by atoms with van der Waals surface area (Å²) in [5, 5.41) is 4.56. The van der Waals surface area contributed by atoms with E-state index in [1.807, 2.05) is 48.5 Å². The number of carbonyl (C=O) groups excluding carboxylic acids is 1. The first-order valence-corrected chi connectivity index (χ1v) is 12.1. The molecule has 1 aliphatic heterocycles. The first-order chi connectivity index (χ1) is 17.5. The molecule has 6 nitrogen and oxygen atoms in total. The molecule has 0 spiro atoms. The van der Waals surface area contributed by atoms with Crippen molar-refractivity contribution in [2.24, 2.45) is 0 Å². The van der Waals surface area contributed by atoms with Crippen LogP contribution in [0.2, 0.25) is 5.02 Å². The van der Waals surface area contributed by atoms with Crippen molar-refractivity contribution in [1.82, 2.24) is 15.0 Å². The second kappa shape index (κ2) is 9.06. The van der Waals surface area contributed by atoms with Crippen LogP contribution in [0.5, 0.6) is 0 Å². The summed E-state index contributed by atoms with van der Waals surface area (Å²) < 4.78 is 0. The minimum absolute atomic E-state index is 0.101. The molecule has 1 amide bonds. The van der Waals surface area contributed by atoms with Gasteiger partial charge in [-0.1, -0.05) is 29.8 Å². The summed E-state index contributed by atoms with van der Waals surface area (Å²) in [5.41, 5.74) is 6.77. The molecule has 0 unspecified atom stereocenters. The molecule has 0 saturated heterocycles. The minimum atomic E-state index is -0.101. The molecular formula is C29H22ClN5O. The number of halogens is 1. The number of hydrogen-bond donors (Lipinski definition) is 1. The number of benzene rings is 3. The van der Waals surface area contributed by atoms with E-state index in [0.29, 0.717) is 5.82 Å². The second-order valence-corrected chi connectivity index (χ2v) is 9.22. The number of nitrogens with zero attached hydrogens (tertiary/aromatic N) is 4. The summed E-state index contributed by atoms with van der Waals surface area (Å²) in [4.78, 5) is 28.0. The van der Waals surface area contributed by atoms with Gasteiger partial charge >= 0.3 is 0 Å². The maximum Gasteiger partial charge on any atom is 0.221 e. The molecule has 176 valence electrons. The Morgan fingerprint density at radius 2 is 1.81 bits per heavy atom. The van der Waals surface area contributed by atoms with E-state index in [0.717, 1.165) is 62.8 Å². The standard InChI is InChI=1S/C29H22ClN5O/c1-18(36)32-24-6-2-4-19(15-24)20-7-9-25-26(16-20)33-28(22-5-3-12-31-17-22)34-29(25)35-13-11-21-14-23(30)8-10-27(21)35/h2-10,12,14-17H,11,13H2,1H3,(H,32,36). The summed E-state index contributed by atoms with van der Waals surface area (Å²) in [5.74, 6) is 1.38. The van der Waals surface area contributed by atoms with Crippen molar-refractivity contribution in [3.8, 4) is 22.5 Å². The number of carbonyl (C=O) groups is 1. The zero-order chi connectivity index (χ0) is 24.6. The summed E-state index contributed by atoms with van der Waals surface area (Å²) in [6.07, 6.45) is 4.42. The Hall–Kier alpha value is -4.29. The normalized spacial score (nSPS) is 12.6. The van der Waals surface area contributed by atoms with Crippen LogP contribution in [0.4, 0.5) is 17.2 Å². The molecular weight excluding hydrogens is 470 g/mol. The Labute approximate surface area is 213 Å². The van der Waals surface area contributed by atoms with Gasteiger partial charge in [0.1, 0.15) is 5.82 Å². The number of nitrogens with one attached hydrogen (secondary N) is 1. The van der Waals surface area contributed by atoms with Crippen molar-refractivity contribution >= 4 is 45.6 Å². The van der Waals surface area contributed by atoms with Crippen molar-refractivity contribution < 1.29 is 4.79 Å². The van der Waals surface area contributed by atoms with Crippen LogP contribution in [0, 0.1) is 0 Å². The SMILES string of the molecule is CC(=O)Nc1cccc(-c2ccc3c(N4CCc5cc(Cl)ccc54)nc(-c4cccnc4)nc3c2)c1. The van der Waals surface area contributed by atoms with E-state index in [4.69, 9.17) is 21.6 Å². The van der Waals surface area contributed by atoms with Crippen LogP contribution < -0.4 is 10.2 Å². The second-order valence-electron chi connectivity index (χ2n) is 8.78. The Kier molecular flexibility index (Phi) is 5.58. The fourth-order valence-electron chi connectivity index (χ4n) is 4.69. The average Bonchev–Trinajstić information content (AvgIpc) is 3.31. The fourth-order valence-corrected chi connectivity index (χ4v) is 4.89. The fraction of sp³-hybridized carbons (Fsp3) is 0.103.